The molecule has 0 aliphatic heterocycles. The van der Waals surface area contributed by atoms with Gasteiger partial charge in [-0.25, -0.2) is 0 Å². The van der Waals surface area contributed by atoms with Gasteiger partial charge in [0.15, 0.2) is 11.0 Å². The maximum absolute atomic E-state index is 11.3. The summed E-state index contributed by atoms with van der Waals surface area (Å²) in [5.74, 6) is -0.0604. The van der Waals surface area contributed by atoms with E-state index in [0.717, 1.165) is 0 Å². The Balaban J connectivity index is 2.39. The molecule has 90 valence electrons. The number of fused-ring (bicyclic) bond motifs is 1. The van der Waals surface area contributed by atoms with Crippen molar-refractivity contribution in [2.24, 2.45) is 0 Å². The highest BCUT2D eigenvalue weighted by molar-refractivity contribution is 6.29. The Morgan fingerprint density at radius 3 is 3.06 bits per heavy atom. The Hall–Kier alpha value is -1.89. The van der Waals surface area contributed by atoms with Gasteiger partial charge in [-0.3, -0.25) is 4.79 Å². The third-order valence-electron chi connectivity index (χ3n) is 2.04. The number of carbonyl (C=O) groups excluding carboxylic acids is 1. The molecule has 0 saturated carbocycles. The number of aromatic nitrogens is 4. The number of hydrogen-bond donors (Lipinski definition) is 1. The Labute approximate surface area is 102 Å². The molecule has 8 heteroatoms. The first kappa shape index (κ1) is 11.6. The smallest absolute Gasteiger partial charge is 0.313 e. The van der Waals surface area contributed by atoms with E-state index in [1.807, 2.05) is 0 Å². The van der Waals surface area contributed by atoms with Gasteiger partial charge >= 0.3 is 5.97 Å². The first-order valence-corrected chi connectivity index (χ1v) is 5.31. The van der Waals surface area contributed by atoms with Crippen LogP contribution in [0.5, 0.6) is 0 Å². The van der Waals surface area contributed by atoms with Gasteiger partial charge in [0.1, 0.15) is 6.42 Å². The van der Waals surface area contributed by atoms with Gasteiger partial charge in [0.25, 0.3) is 0 Å². The van der Waals surface area contributed by atoms with Crippen LogP contribution in [0, 0.1) is 0 Å². The van der Waals surface area contributed by atoms with Gasteiger partial charge in [-0.2, -0.15) is 9.61 Å². The number of ether oxygens (including phenoxy) is 1. The van der Waals surface area contributed by atoms with Crippen molar-refractivity contribution in [3.63, 3.8) is 0 Å². The van der Waals surface area contributed by atoms with Crippen LogP contribution < -0.4 is 5.73 Å². The number of hydrogen-bond acceptors (Lipinski definition) is 6. The molecule has 2 N–H and O–H groups in total. The molecule has 2 heterocycles. The van der Waals surface area contributed by atoms with Crippen LogP contribution in [0.4, 0.5) is 5.69 Å². The molecular formula is C9H10ClN5O2. The van der Waals surface area contributed by atoms with E-state index < -0.39 is 5.97 Å². The second-order valence-electron chi connectivity index (χ2n) is 3.26. The van der Waals surface area contributed by atoms with E-state index in [2.05, 4.69) is 15.3 Å². The zero-order chi connectivity index (χ0) is 12.4. The summed E-state index contributed by atoms with van der Waals surface area (Å²) in [6.45, 7) is 2.04. The van der Waals surface area contributed by atoms with Crippen molar-refractivity contribution in [3.8, 4) is 0 Å². The maximum atomic E-state index is 11.3. The molecule has 0 saturated heterocycles. The average molecular weight is 256 g/mol. The van der Waals surface area contributed by atoms with E-state index in [-0.39, 0.29) is 11.6 Å². The molecule has 0 spiro atoms. The normalized spacial score (nSPS) is 10.7. The Bertz CT molecular complexity index is 568. The minimum absolute atomic E-state index is 0.0260. The number of esters is 1. The lowest BCUT2D eigenvalue weighted by Crippen LogP contribution is -2.11. The fourth-order valence-corrected chi connectivity index (χ4v) is 1.56. The number of anilines is 1. The van der Waals surface area contributed by atoms with E-state index in [0.29, 0.717) is 23.8 Å². The first-order chi connectivity index (χ1) is 8.11. The molecule has 0 aliphatic rings. The third kappa shape index (κ3) is 2.28. The zero-order valence-electron chi connectivity index (χ0n) is 9.05. The number of halogens is 1. The molecule has 0 aromatic carbocycles. The van der Waals surface area contributed by atoms with Crippen molar-refractivity contribution >= 4 is 28.9 Å². The van der Waals surface area contributed by atoms with Gasteiger partial charge in [-0.05, 0) is 6.92 Å². The predicted octanol–water partition coefficient (Wildman–Crippen LogP) is 0.465. The van der Waals surface area contributed by atoms with E-state index in [4.69, 9.17) is 22.1 Å². The van der Waals surface area contributed by atoms with Crippen molar-refractivity contribution in [3.05, 3.63) is 17.0 Å². The number of nitrogens with zero attached hydrogens (tertiary/aromatic N) is 4. The zero-order valence-corrected chi connectivity index (χ0v) is 9.81. The van der Waals surface area contributed by atoms with E-state index in [1.165, 1.54) is 10.6 Å². The topological polar surface area (TPSA) is 95.4 Å². The van der Waals surface area contributed by atoms with Gasteiger partial charge in [0.2, 0.25) is 5.65 Å². The lowest BCUT2D eigenvalue weighted by molar-refractivity contribution is -0.142. The van der Waals surface area contributed by atoms with Gasteiger partial charge < -0.3 is 10.5 Å². The first-order valence-electron chi connectivity index (χ1n) is 4.93. The largest absolute Gasteiger partial charge is 0.466 e. The SMILES string of the molecule is CCOC(=O)Cc1nnc2c(N)cc(Cl)nn12. The van der Waals surface area contributed by atoms with Crippen LogP contribution in [0.25, 0.3) is 5.65 Å². The number of rotatable bonds is 3. The van der Waals surface area contributed by atoms with E-state index in [9.17, 15) is 4.79 Å². The average Bonchev–Trinajstić information content (AvgIpc) is 2.62. The predicted molar refractivity (Wildman–Crippen MR) is 60.5 cm³/mol. The van der Waals surface area contributed by atoms with Gasteiger partial charge in [0.05, 0.1) is 12.3 Å². The second-order valence-corrected chi connectivity index (χ2v) is 3.64. The summed E-state index contributed by atoms with van der Waals surface area (Å²) in [4.78, 5) is 11.3. The molecule has 0 bridgehead atoms. The summed E-state index contributed by atoms with van der Waals surface area (Å²) >= 11 is 5.77. The van der Waals surface area contributed by atoms with Crippen LogP contribution in [0.15, 0.2) is 6.07 Å². The fourth-order valence-electron chi connectivity index (χ4n) is 1.37. The van der Waals surface area contributed by atoms with Crippen molar-refractivity contribution in [2.45, 2.75) is 13.3 Å². The van der Waals surface area contributed by atoms with E-state index in [1.54, 1.807) is 6.92 Å². The monoisotopic (exact) mass is 255 g/mol. The minimum atomic E-state index is -0.401. The second kappa shape index (κ2) is 4.54. The quantitative estimate of drug-likeness (QED) is 0.801. The summed E-state index contributed by atoms with van der Waals surface area (Å²) < 4.78 is 6.15. The summed E-state index contributed by atoms with van der Waals surface area (Å²) in [6, 6.07) is 1.47. The highest BCUT2D eigenvalue weighted by Crippen LogP contribution is 2.15. The van der Waals surface area contributed by atoms with Gasteiger partial charge in [-0.15, -0.1) is 10.2 Å². The number of carbonyl (C=O) groups is 1. The van der Waals surface area contributed by atoms with Crippen molar-refractivity contribution in [1.29, 1.82) is 0 Å². The molecule has 0 fully saturated rings. The minimum Gasteiger partial charge on any atom is -0.466 e. The van der Waals surface area contributed by atoms with Crippen LogP contribution >= 0.6 is 11.6 Å². The van der Waals surface area contributed by atoms with Crippen LogP contribution in [-0.4, -0.2) is 32.4 Å². The molecule has 2 aromatic heterocycles. The van der Waals surface area contributed by atoms with Crippen molar-refractivity contribution in [1.82, 2.24) is 19.8 Å². The Morgan fingerprint density at radius 1 is 1.59 bits per heavy atom. The van der Waals surface area contributed by atoms with Crippen LogP contribution in [0.1, 0.15) is 12.7 Å². The lowest BCUT2D eigenvalue weighted by Gasteiger charge is -2.01. The molecule has 0 unspecified atom stereocenters. The third-order valence-corrected chi connectivity index (χ3v) is 2.23. The Kier molecular flexibility index (Phi) is 3.10. The Morgan fingerprint density at radius 2 is 2.35 bits per heavy atom. The van der Waals surface area contributed by atoms with Gasteiger partial charge in [-0.1, -0.05) is 11.6 Å². The molecule has 2 rings (SSSR count). The number of nitrogen functional groups attached to an aromatic ring is 1. The summed E-state index contributed by atoms with van der Waals surface area (Å²) in [5, 5.41) is 11.8. The summed E-state index contributed by atoms with van der Waals surface area (Å²) in [7, 11) is 0. The lowest BCUT2D eigenvalue weighted by atomic mass is 10.4. The fraction of sp³-hybridized carbons (Fsp3) is 0.333. The van der Waals surface area contributed by atoms with Crippen molar-refractivity contribution in [2.75, 3.05) is 12.3 Å². The number of nitrogens with two attached hydrogens (primary N) is 1. The molecule has 0 aliphatic carbocycles. The summed E-state index contributed by atoms with van der Waals surface area (Å²) in [6.07, 6.45) is -0.0260. The summed E-state index contributed by atoms with van der Waals surface area (Å²) in [5.41, 5.74) is 6.42. The van der Waals surface area contributed by atoms with E-state index >= 15 is 0 Å². The molecule has 0 amide bonds. The van der Waals surface area contributed by atoms with Crippen LogP contribution in [-0.2, 0) is 16.0 Å². The molecule has 0 radical (unpaired) electrons. The molecule has 0 atom stereocenters. The molecular weight excluding hydrogens is 246 g/mol. The molecule has 17 heavy (non-hydrogen) atoms. The molecule has 7 nitrogen and oxygen atoms in total. The van der Waals surface area contributed by atoms with Crippen LogP contribution in [0.3, 0.4) is 0 Å². The highest BCUT2D eigenvalue weighted by atomic mass is 35.5. The maximum Gasteiger partial charge on any atom is 0.313 e. The standard InChI is InChI=1S/C9H10ClN5O2/c1-2-17-8(16)4-7-12-13-9-5(11)3-6(10)14-15(7)9/h3H,2,4,11H2,1H3. The molecule has 2 aromatic rings. The van der Waals surface area contributed by atoms with Gasteiger partial charge in [0, 0.05) is 6.07 Å². The highest BCUT2D eigenvalue weighted by Gasteiger charge is 2.14. The van der Waals surface area contributed by atoms with Crippen molar-refractivity contribution < 1.29 is 9.53 Å². The van der Waals surface area contributed by atoms with Crippen LogP contribution in [0.2, 0.25) is 5.15 Å².